The van der Waals surface area contributed by atoms with Crippen LogP contribution in [0, 0.1) is 22.2 Å². The molecular formula is C33H46N2O3. The molecule has 38 heavy (non-hydrogen) atoms. The zero-order valence-electron chi connectivity index (χ0n) is 24.5. The molecule has 2 saturated heterocycles. The Labute approximate surface area is 229 Å². The van der Waals surface area contributed by atoms with Crippen LogP contribution < -0.4 is 0 Å². The van der Waals surface area contributed by atoms with Crippen LogP contribution in [-0.2, 0) is 14.3 Å². The molecular weight excluding hydrogens is 472 g/mol. The summed E-state index contributed by atoms with van der Waals surface area (Å²) in [7, 11) is 0. The largest absolute Gasteiger partial charge is 0.358 e. The van der Waals surface area contributed by atoms with Gasteiger partial charge in [0.2, 0.25) is 11.8 Å². The second-order valence-corrected chi connectivity index (χ2v) is 13.5. The Balaban J connectivity index is 1.35. The number of rotatable bonds is 9. The van der Waals surface area contributed by atoms with Gasteiger partial charge < -0.3 is 4.74 Å². The number of hydrogen-bond acceptors (Lipinski definition) is 4. The van der Waals surface area contributed by atoms with E-state index in [1.54, 1.807) is 0 Å². The Morgan fingerprint density at radius 1 is 0.974 bits per heavy atom. The number of hydrogen-bond donors (Lipinski definition) is 0. The number of imide groups is 1. The molecule has 0 aromatic heterocycles. The fraction of sp³-hybridized carbons (Fsp3) is 0.576. The van der Waals surface area contributed by atoms with Crippen molar-refractivity contribution in [1.82, 2.24) is 9.80 Å². The van der Waals surface area contributed by atoms with Gasteiger partial charge in [0.25, 0.3) is 0 Å². The predicted molar refractivity (Wildman–Crippen MR) is 154 cm³/mol. The fourth-order valence-electron chi connectivity index (χ4n) is 6.06. The number of fused-ring (bicyclic) bond motifs is 1. The van der Waals surface area contributed by atoms with E-state index in [4.69, 9.17) is 4.74 Å². The van der Waals surface area contributed by atoms with E-state index >= 15 is 0 Å². The van der Waals surface area contributed by atoms with Gasteiger partial charge in [-0.25, -0.2) is 0 Å². The van der Waals surface area contributed by atoms with Crippen molar-refractivity contribution in [2.45, 2.75) is 74.0 Å². The minimum absolute atomic E-state index is 0.0151. The summed E-state index contributed by atoms with van der Waals surface area (Å²) < 4.78 is 6.07. The van der Waals surface area contributed by atoms with Crippen LogP contribution in [-0.4, -0.2) is 47.9 Å². The molecule has 2 amide bonds. The maximum atomic E-state index is 13.3. The van der Waals surface area contributed by atoms with Crippen LogP contribution in [0.1, 0.15) is 79.5 Å². The van der Waals surface area contributed by atoms with Crippen LogP contribution in [0.25, 0.3) is 10.8 Å². The first-order chi connectivity index (χ1) is 17.7. The monoisotopic (exact) mass is 518 g/mol. The summed E-state index contributed by atoms with van der Waals surface area (Å²) >= 11 is 0. The lowest BCUT2D eigenvalue weighted by molar-refractivity contribution is -0.139. The van der Waals surface area contributed by atoms with Gasteiger partial charge in [-0.1, -0.05) is 97.0 Å². The Hall–Kier alpha value is -2.50. The molecule has 5 nitrogen and oxygen atoms in total. The van der Waals surface area contributed by atoms with Gasteiger partial charge in [-0.2, -0.15) is 0 Å². The third-order valence-electron chi connectivity index (χ3n) is 9.79. The SMILES string of the molecule is C=C(CC1CC(=O)N(CCN2CCOC2c2ccc3ccccc3c2)C1=O)CC(C)(C)C(C)(C)C(C)(C)C. The van der Waals surface area contributed by atoms with Crippen LogP contribution in [0.15, 0.2) is 54.6 Å². The van der Waals surface area contributed by atoms with Gasteiger partial charge in [0.15, 0.2) is 0 Å². The van der Waals surface area contributed by atoms with Gasteiger partial charge in [0.1, 0.15) is 6.23 Å². The molecule has 0 bridgehead atoms. The summed E-state index contributed by atoms with van der Waals surface area (Å²) in [6.45, 7) is 22.9. The van der Waals surface area contributed by atoms with Crippen molar-refractivity contribution in [3.8, 4) is 0 Å². The average Bonchev–Trinajstić information content (AvgIpc) is 3.40. The first-order valence-corrected chi connectivity index (χ1v) is 14.1. The fourth-order valence-corrected chi connectivity index (χ4v) is 6.06. The maximum absolute atomic E-state index is 13.3. The molecule has 0 aliphatic carbocycles. The Morgan fingerprint density at radius 2 is 1.66 bits per heavy atom. The minimum Gasteiger partial charge on any atom is -0.358 e. The first-order valence-electron chi connectivity index (χ1n) is 14.1. The van der Waals surface area contributed by atoms with Crippen LogP contribution in [0.5, 0.6) is 0 Å². The molecule has 2 heterocycles. The van der Waals surface area contributed by atoms with E-state index in [-0.39, 0.29) is 46.6 Å². The molecule has 0 spiro atoms. The second-order valence-electron chi connectivity index (χ2n) is 13.5. The summed E-state index contributed by atoms with van der Waals surface area (Å²) in [5.74, 6) is -0.412. The van der Waals surface area contributed by atoms with Gasteiger partial charge in [0.05, 0.1) is 12.5 Å². The topological polar surface area (TPSA) is 49.9 Å². The lowest BCUT2D eigenvalue weighted by Gasteiger charge is -2.51. The van der Waals surface area contributed by atoms with Gasteiger partial charge in [-0.15, -0.1) is 0 Å². The third kappa shape index (κ3) is 5.60. The quantitative estimate of drug-likeness (QED) is 0.265. The van der Waals surface area contributed by atoms with Crippen molar-refractivity contribution in [2.75, 3.05) is 26.2 Å². The standard InChI is InChI=1S/C33H46N2O3/c1-23(22-32(5,6)33(7,8)31(2,3)4)19-27-21-28(36)35(29(27)37)16-15-34-17-18-38-30(34)26-14-13-24-11-9-10-12-25(24)20-26/h9-14,20,27,30H,1,15-19,21-22H2,2-8H3. The average molecular weight is 519 g/mol. The summed E-state index contributed by atoms with van der Waals surface area (Å²) in [5, 5.41) is 2.38. The molecule has 2 aliphatic heterocycles. The van der Waals surface area contributed by atoms with Gasteiger partial charge in [0, 0.05) is 26.1 Å². The van der Waals surface area contributed by atoms with Gasteiger partial charge >= 0.3 is 0 Å². The van der Waals surface area contributed by atoms with Crippen LogP contribution >= 0.6 is 0 Å². The van der Waals surface area contributed by atoms with E-state index in [0.717, 1.165) is 24.1 Å². The third-order valence-corrected chi connectivity index (χ3v) is 9.79. The molecule has 0 saturated carbocycles. The highest BCUT2D eigenvalue weighted by Crippen LogP contribution is 2.54. The highest BCUT2D eigenvalue weighted by molar-refractivity contribution is 6.03. The first kappa shape index (κ1) is 28.5. The minimum atomic E-state index is -0.297. The smallest absolute Gasteiger partial charge is 0.233 e. The predicted octanol–water partition coefficient (Wildman–Crippen LogP) is 6.98. The molecule has 5 heteroatoms. The Morgan fingerprint density at radius 3 is 2.34 bits per heavy atom. The molecule has 2 aromatic rings. The van der Waals surface area contributed by atoms with E-state index in [9.17, 15) is 9.59 Å². The molecule has 2 fully saturated rings. The lowest BCUT2D eigenvalue weighted by Crippen LogP contribution is -2.43. The maximum Gasteiger partial charge on any atom is 0.233 e. The van der Waals surface area contributed by atoms with E-state index in [2.05, 4.69) is 90.3 Å². The highest BCUT2D eigenvalue weighted by atomic mass is 16.5. The number of benzene rings is 2. The van der Waals surface area contributed by atoms with Gasteiger partial charge in [-0.3, -0.25) is 19.4 Å². The van der Waals surface area contributed by atoms with Crippen molar-refractivity contribution < 1.29 is 14.3 Å². The van der Waals surface area contributed by atoms with E-state index < -0.39 is 0 Å². The van der Waals surface area contributed by atoms with E-state index in [1.807, 2.05) is 12.1 Å². The highest BCUT2D eigenvalue weighted by Gasteiger charge is 2.46. The molecule has 4 rings (SSSR count). The molecule has 0 radical (unpaired) electrons. The number of carbonyl (C=O) groups excluding carboxylic acids is 2. The Kier molecular flexibility index (Phi) is 7.94. The summed E-state index contributed by atoms with van der Waals surface area (Å²) in [6, 6.07) is 14.7. The van der Waals surface area contributed by atoms with Crippen molar-refractivity contribution in [1.29, 1.82) is 0 Å². The molecule has 0 N–H and O–H groups in total. The molecule has 2 unspecified atom stereocenters. The number of ether oxygens (including phenoxy) is 1. The Bertz CT molecular complexity index is 1210. The summed E-state index contributed by atoms with van der Waals surface area (Å²) in [5.41, 5.74) is 2.39. The second kappa shape index (κ2) is 10.6. The molecule has 206 valence electrons. The molecule has 2 aliphatic rings. The zero-order valence-corrected chi connectivity index (χ0v) is 24.5. The molecule has 2 aromatic carbocycles. The van der Waals surface area contributed by atoms with E-state index in [0.29, 0.717) is 26.1 Å². The molecule has 2 atom stereocenters. The number of amides is 2. The van der Waals surface area contributed by atoms with E-state index in [1.165, 1.54) is 15.7 Å². The number of carbonyl (C=O) groups is 2. The van der Waals surface area contributed by atoms with Crippen LogP contribution in [0.4, 0.5) is 0 Å². The van der Waals surface area contributed by atoms with Crippen molar-refractivity contribution in [2.24, 2.45) is 22.2 Å². The summed E-state index contributed by atoms with van der Waals surface area (Å²) in [4.78, 5) is 29.9. The van der Waals surface area contributed by atoms with Crippen LogP contribution in [0.3, 0.4) is 0 Å². The number of likely N-dealkylation sites (tertiary alicyclic amines) is 1. The van der Waals surface area contributed by atoms with Crippen molar-refractivity contribution in [3.63, 3.8) is 0 Å². The summed E-state index contributed by atoms with van der Waals surface area (Å²) in [6.07, 6.45) is 1.55. The lowest BCUT2D eigenvalue weighted by atomic mass is 9.54. The van der Waals surface area contributed by atoms with Gasteiger partial charge in [-0.05, 0) is 51.5 Å². The normalized spacial score (nSPS) is 21.6. The van der Waals surface area contributed by atoms with Crippen molar-refractivity contribution >= 4 is 22.6 Å². The number of nitrogens with zero attached hydrogens (tertiary/aromatic N) is 2. The zero-order chi connectivity index (χ0) is 27.9. The number of allylic oxidation sites excluding steroid dienone is 1. The van der Waals surface area contributed by atoms with Crippen molar-refractivity contribution in [3.05, 3.63) is 60.2 Å². The van der Waals surface area contributed by atoms with Crippen LogP contribution in [0.2, 0.25) is 0 Å².